The number of piperidine rings is 1. The highest BCUT2D eigenvalue weighted by Gasteiger charge is 2.34. The Balaban J connectivity index is 1.71. The standard InChI is InChI=1S/C22H22F2N2O2/c23-17-7-8-20(24)19(13-17)16-12-21(15-5-4-6-18(27)11-15)26(14-16)22(28)25-9-2-1-3-10-25/h4-8,11-13,21,27H,1-3,9-10,14H2. The minimum absolute atomic E-state index is 0.0988. The van der Waals surface area contributed by atoms with Gasteiger partial charge in [0.2, 0.25) is 0 Å². The molecule has 2 aliphatic rings. The molecule has 1 atom stereocenters. The predicted molar refractivity (Wildman–Crippen MR) is 103 cm³/mol. The molecule has 1 saturated heterocycles. The van der Waals surface area contributed by atoms with E-state index in [1.165, 1.54) is 0 Å². The summed E-state index contributed by atoms with van der Waals surface area (Å²) < 4.78 is 28.0. The Morgan fingerprint density at radius 1 is 1.04 bits per heavy atom. The number of halogens is 2. The molecule has 0 spiro atoms. The van der Waals surface area contributed by atoms with Gasteiger partial charge in [0.25, 0.3) is 0 Å². The Hall–Kier alpha value is -2.89. The molecule has 1 unspecified atom stereocenters. The third kappa shape index (κ3) is 3.59. The summed E-state index contributed by atoms with van der Waals surface area (Å²) in [6, 6.07) is 9.48. The van der Waals surface area contributed by atoms with Gasteiger partial charge in [0.05, 0.1) is 6.04 Å². The Labute approximate surface area is 162 Å². The van der Waals surface area contributed by atoms with Gasteiger partial charge < -0.3 is 14.9 Å². The van der Waals surface area contributed by atoms with Crippen molar-refractivity contribution >= 4 is 11.6 Å². The zero-order valence-corrected chi connectivity index (χ0v) is 15.4. The van der Waals surface area contributed by atoms with Gasteiger partial charge in [-0.05, 0) is 60.7 Å². The highest BCUT2D eigenvalue weighted by Crippen LogP contribution is 2.37. The molecular weight excluding hydrogens is 362 g/mol. The number of urea groups is 1. The van der Waals surface area contributed by atoms with Crippen molar-refractivity contribution in [2.24, 2.45) is 0 Å². The number of amides is 2. The summed E-state index contributed by atoms with van der Waals surface area (Å²) in [7, 11) is 0. The number of benzene rings is 2. The highest BCUT2D eigenvalue weighted by molar-refractivity contribution is 5.82. The van der Waals surface area contributed by atoms with Gasteiger partial charge in [0.15, 0.2) is 0 Å². The fourth-order valence-corrected chi connectivity index (χ4v) is 3.97. The van der Waals surface area contributed by atoms with Gasteiger partial charge in [-0.1, -0.05) is 18.2 Å². The van der Waals surface area contributed by atoms with Gasteiger partial charge in [-0.25, -0.2) is 13.6 Å². The van der Waals surface area contributed by atoms with Gasteiger partial charge in [-0.2, -0.15) is 0 Å². The van der Waals surface area contributed by atoms with E-state index in [1.807, 2.05) is 11.0 Å². The van der Waals surface area contributed by atoms with Gasteiger partial charge >= 0.3 is 6.03 Å². The highest BCUT2D eigenvalue weighted by atomic mass is 19.1. The van der Waals surface area contributed by atoms with Crippen molar-refractivity contribution in [2.45, 2.75) is 25.3 Å². The summed E-state index contributed by atoms with van der Waals surface area (Å²) in [5, 5.41) is 9.87. The van der Waals surface area contributed by atoms with Crippen molar-refractivity contribution in [1.82, 2.24) is 9.80 Å². The smallest absolute Gasteiger partial charge is 0.321 e. The second-order valence-electron chi connectivity index (χ2n) is 7.31. The normalized spacial score (nSPS) is 19.6. The van der Waals surface area contributed by atoms with Crippen LogP contribution < -0.4 is 0 Å². The van der Waals surface area contributed by atoms with Gasteiger partial charge in [0, 0.05) is 25.2 Å². The number of nitrogens with zero attached hydrogens (tertiary/aromatic N) is 2. The van der Waals surface area contributed by atoms with E-state index in [1.54, 1.807) is 29.2 Å². The number of carbonyl (C=O) groups is 1. The quantitative estimate of drug-likeness (QED) is 0.814. The Kier molecular flexibility index (Phi) is 5.03. The van der Waals surface area contributed by atoms with Crippen molar-refractivity contribution in [3.8, 4) is 5.75 Å². The number of aromatic hydroxyl groups is 1. The van der Waals surface area contributed by atoms with Crippen LogP contribution in [0.5, 0.6) is 5.75 Å². The van der Waals surface area contributed by atoms with Crippen LogP contribution >= 0.6 is 0 Å². The minimum atomic E-state index is -0.521. The van der Waals surface area contributed by atoms with E-state index >= 15 is 0 Å². The van der Waals surface area contributed by atoms with Crippen LogP contribution in [0.25, 0.3) is 5.57 Å². The molecule has 2 aromatic carbocycles. The van der Waals surface area contributed by atoms with Crippen LogP contribution in [0.15, 0.2) is 48.5 Å². The number of hydrogen-bond acceptors (Lipinski definition) is 2. The fraction of sp³-hybridized carbons (Fsp3) is 0.318. The molecule has 28 heavy (non-hydrogen) atoms. The van der Waals surface area contributed by atoms with Gasteiger partial charge in [-0.15, -0.1) is 0 Å². The van der Waals surface area contributed by atoms with Crippen LogP contribution in [0, 0.1) is 11.6 Å². The van der Waals surface area contributed by atoms with Crippen molar-refractivity contribution < 1.29 is 18.7 Å². The lowest BCUT2D eigenvalue weighted by atomic mass is 10.0. The molecule has 1 fully saturated rings. The first-order chi connectivity index (χ1) is 13.5. The molecule has 2 aromatic rings. The van der Waals surface area contributed by atoms with Gasteiger partial charge in [0.1, 0.15) is 17.4 Å². The largest absolute Gasteiger partial charge is 0.508 e. The molecule has 146 valence electrons. The predicted octanol–water partition coefficient (Wildman–Crippen LogP) is 4.72. The number of rotatable bonds is 2. The maximum absolute atomic E-state index is 14.3. The van der Waals surface area contributed by atoms with Crippen LogP contribution in [-0.2, 0) is 0 Å². The number of hydrogen-bond donors (Lipinski definition) is 1. The average molecular weight is 384 g/mol. The van der Waals surface area contributed by atoms with E-state index in [4.69, 9.17) is 0 Å². The summed E-state index contributed by atoms with van der Waals surface area (Å²) in [4.78, 5) is 16.7. The lowest BCUT2D eigenvalue weighted by Crippen LogP contribution is -2.45. The fourth-order valence-electron chi connectivity index (χ4n) is 3.97. The van der Waals surface area contributed by atoms with E-state index in [2.05, 4.69) is 0 Å². The molecule has 1 N–H and O–H groups in total. The van der Waals surface area contributed by atoms with Crippen LogP contribution in [0.3, 0.4) is 0 Å². The zero-order valence-electron chi connectivity index (χ0n) is 15.4. The second-order valence-corrected chi connectivity index (χ2v) is 7.31. The lowest BCUT2D eigenvalue weighted by molar-refractivity contribution is 0.143. The molecule has 6 heteroatoms. The van der Waals surface area contributed by atoms with Crippen molar-refractivity contribution in [3.05, 3.63) is 71.3 Å². The maximum atomic E-state index is 14.3. The summed E-state index contributed by atoms with van der Waals surface area (Å²) in [5.74, 6) is -0.941. The monoisotopic (exact) mass is 384 g/mol. The Morgan fingerprint density at radius 2 is 1.82 bits per heavy atom. The van der Waals surface area contributed by atoms with E-state index in [9.17, 15) is 18.7 Å². The van der Waals surface area contributed by atoms with E-state index in [0.717, 1.165) is 43.0 Å². The minimum Gasteiger partial charge on any atom is -0.508 e. The maximum Gasteiger partial charge on any atom is 0.321 e. The van der Waals surface area contributed by atoms with Crippen LogP contribution in [0.4, 0.5) is 13.6 Å². The van der Waals surface area contributed by atoms with Crippen molar-refractivity contribution in [3.63, 3.8) is 0 Å². The van der Waals surface area contributed by atoms with Crippen molar-refractivity contribution in [2.75, 3.05) is 19.6 Å². The number of likely N-dealkylation sites (tertiary alicyclic amines) is 1. The SMILES string of the molecule is O=C(N1CCCCC1)N1CC(c2cc(F)ccc2F)=CC1c1cccc(O)c1. The molecule has 2 amide bonds. The van der Waals surface area contributed by atoms with Crippen molar-refractivity contribution in [1.29, 1.82) is 0 Å². The third-order valence-electron chi connectivity index (χ3n) is 5.39. The number of phenolic OH excluding ortho intramolecular Hbond substituents is 1. The molecule has 0 radical (unpaired) electrons. The van der Waals surface area contributed by atoms with Crippen LogP contribution in [0.1, 0.15) is 36.4 Å². The molecule has 0 saturated carbocycles. The zero-order chi connectivity index (χ0) is 19.7. The molecule has 4 nitrogen and oxygen atoms in total. The van der Waals surface area contributed by atoms with E-state index in [0.29, 0.717) is 18.7 Å². The summed E-state index contributed by atoms with van der Waals surface area (Å²) in [6.45, 7) is 1.59. The summed E-state index contributed by atoms with van der Waals surface area (Å²) in [6.07, 6.45) is 4.83. The molecule has 0 aromatic heterocycles. The van der Waals surface area contributed by atoms with Crippen LogP contribution in [-0.4, -0.2) is 40.6 Å². The first-order valence-electron chi connectivity index (χ1n) is 9.53. The van der Waals surface area contributed by atoms with Gasteiger partial charge in [-0.3, -0.25) is 0 Å². The first-order valence-corrected chi connectivity index (χ1v) is 9.53. The second kappa shape index (κ2) is 7.62. The lowest BCUT2D eigenvalue weighted by Gasteiger charge is -2.34. The molecule has 0 aliphatic carbocycles. The number of phenols is 1. The summed E-state index contributed by atoms with van der Waals surface area (Å²) >= 11 is 0. The molecular formula is C22H22F2N2O2. The van der Waals surface area contributed by atoms with E-state index < -0.39 is 17.7 Å². The molecule has 2 aliphatic heterocycles. The Bertz CT molecular complexity index is 923. The topological polar surface area (TPSA) is 43.8 Å². The molecule has 4 rings (SSSR count). The van der Waals surface area contributed by atoms with Crippen LogP contribution in [0.2, 0.25) is 0 Å². The average Bonchev–Trinajstić information content (AvgIpc) is 3.15. The Morgan fingerprint density at radius 3 is 2.57 bits per heavy atom. The first kappa shape index (κ1) is 18.5. The van der Waals surface area contributed by atoms with E-state index in [-0.39, 0.29) is 23.9 Å². The summed E-state index contributed by atoms with van der Waals surface area (Å²) in [5.41, 5.74) is 1.46. The molecule has 0 bridgehead atoms. The number of carbonyl (C=O) groups excluding carboxylic acids is 1. The molecule has 2 heterocycles. The third-order valence-corrected chi connectivity index (χ3v) is 5.39.